The normalized spacial score (nSPS) is 20.1. The standard InChI is InChI=1S/C10H17N3O5/c14-4-3-7(9(16)17)13-10(18)11-5-6-1-2-8(15)12-6/h6-7,14H,1-5H2,(H,12,15)(H,16,17)(H2,11,13,18). The molecule has 8 nitrogen and oxygen atoms in total. The van der Waals surface area contributed by atoms with Crippen LogP contribution in [-0.2, 0) is 9.59 Å². The Bertz CT molecular complexity index is 333. The summed E-state index contributed by atoms with van der Waals surface area (Å²) in [6, 6.07) is -1.85. The van der Waals surface area contributed by atoms with Crippen LogP contribution in [0.1, 0.15) is 19.3 Å². The number of carboxylic acid groups (broad SMARTS) is 1. The molecule has 0 radical (unpaired) electrons. The van der Waals surface area contributed by atoms with Crippen LogP contribution in [0, 0.1) is 0 Å². The second-order valence-corrected chi connectivity index (χ2v) is 4.06. The van der Waals surface area contributed by atoms with Crippen molar-refractivity contribution in [3.8, 4) is 0 Å². The number of rotatable bonds is 6. The molecule has 102 valence electrons. The van der Waals surface area contributed by atoms with Gasteiger partial charge in [-0.15, -0.1) is 0 Å². The number of carboxylic acids is 1. The Morgan fingerprint density at radius 1 is 1.50 bits per heavy atom. The second-order valence-electron chi connectivity index (χ2n) is 4.06. The number of aliphatic hydroxyl groups excluding tert-OH is 1. The van der Waals surface area contributed by atoms with Gasteiger partial charge in [-0.25, -0.2) is 9.59 Å². The summed E-state index contributed by atoms with van der Waals surface area (Å²) in [7, 11) is 0. The van der Waals surface area contributed by atoms with E-state index in [1.54, 1.807) is 0 Å². The highest BCUT2D eigenvalue weighted by Crippen LogP contribution is 2.04. The maximum absolute atomic E-state index is 11.4. The van der Waals surface area contributed by atoms with Crippen LogP contribution in [0.5, 0.6) is 0 Å². The zero-order valence-corrected chi connectivity index (χ0v) is 9.81. The fourth-order valence-corrected chi connectivity index (χ4v) is 1.64. The number of hydrogen-bond donors (Lipinski definition) is 5. The first-order chi connectivity index (χ1) is 8.52. The lowest BCUT2D eigenvalue weighted by molar-refractivity contribution is -0.139. The van der Waals surface area contributed by atoms with Gasteiger partial charge in [-0.2, -0.15) is 0 Å². The number of aliphatic hydroxyl groups is 1. The number of carbonyl (C=O) groups excluding carboxylic acids is 2. The zero-order chi connectivity index (χ0) is 13.5. The minimum atomic E-state index is -1.20. The monoisotopic (exact) mass is 259 g/mol. The van der Waals surface area contributed by atoms with Gasteiger partial charge < -0.3 is 26.2 Å². The molecule has 5 N–H and O–H groups in total. The number of nitrogens with one attached hydrogen (secondary N) is 3. The Morgan fingerprint density at radius 2 is 2.22 bits per heavy atom. The third kappa shape index (κ3) is 4.58. The summed E-state index contributed by atoms with van der Waals surface area (Å²) in [6.45, 7) is -0.0705. The van der Waals surface area contributed by atoms with E-state index in [1.165, 1.54) is 0 Å². The number of aliphatic carboxylic acids is 1. The summed E-state index contributed by atoms with van der Waals surface area (Å²) in [6.07, 6.45) is 1.04. The van der Waals surface area contributed by atoms with Crippen molar-refractivity contribution in [1.29, 1.82) is 0 Å². The molecule has 3 amide bonds. The molecule has 2 atom stereocenters. The van der Waals surface area contributed by atoms with Crippen LogP contribution >= 0.6 is 0 Å². The van der Waals surface area contributed by atoms with Crippen molar-refractivity contribution in [2.75, 3.05) is 13.2 Å². The van der Waals surface area contributed by atoms with Gasteiger partial charge in [-0.3, -0.25) is 4.79 Å². The average Bonchev–Trinajstić information content (AvgIpc) is 2.72. The van der Waals surface area contributed by atoms with Gasteiger partial charge in [0.25, 0.3) is 0 Å². The van der Waals surface area contributed by atoms with Gasteiger partial charge >= 0.3 is 12.0 Å². The predicted molar refractivity (Wildman–Crippen MR) is 60.8 cm³/mol. The average molecular weight is 259 g/mol. The molecule has 8 heteroatoms. The summed E-state index contributed by atoms with van der Waals surface area (Å²) in [5, 5.41) is 24.8. The molecule has 18 heavy (non-hydrogen) atoms. The van der Waals surface area contributed by atoms with Crippen molar-refractivity contribution in [1.82, 2.24) is 16.0 Å². The van der Waals surface area contributed by atoms with E-state index in [0.29, 0.717) is 12.8 Å². The third-order valence-electron chi connectivity index (χ3n) is 2.62. The van der Waals surface area contributed by atoms with Crippen LogP contribution < -0.4 is 16.0 Å². The van der Waals surface area contributed by atoms with Gasteiger partial charge in [0.05, 0.1) is 0 Å². The smallest absolute Gasteiger partial charge is 0.326 e. The van der Waals surface area contributed by atoms with Crippen molar-refractivity contribution in [3.63, 3.8) is 0 Å². The molecule has 1 heterocycles. The fraction of sp³-hybridized carbons (Fsp3) is 0.700. The highest BCUT2D eigenvalue weighted by Gasteiger charge is 2.22. The fourth-order valence-electron chi connectivity index (χ4n) is 1.64. The second kappa shape index (κ2) is 6.80. The maximum atomic E-state index is 11.4. The topological polar surface area (TPSA) is 128 Å². The van der Waals surface area contributed by atoms with Crippen LogP contribution in [0.15, 0.2) is 0 Å². The van der Waals surface area contributed by atoms with E-state index in [9.17, 15) is 14.4 Å². The molecule has 0 spiro atoms. The van der Waals surface area contributed by atoms with Gasteiger partial charge in [0.1, 0.15) is 6.04 Å². The molecule has 1 rings (SSSR count). The van der Waals surface area contributed by atoms with Crippen LogP contribution in [0.2, 0.25) is 0 Å². The van der Waals surface area contributed by atoms with Crippen LogP contribution in [-0.4, -0.2) is 53.4 Å². The lowest BCUT2D eigenvalue weighted by Crippen LogP contribution is -2.49. The van der Waals surface area contributed by atoms with Gasteiger partial charge in [0.15, 0.2) is 0 Å². The lowest BCUT2D eigenvalue weighted by Gasteiger charge is -2.16. The van der Waals surface area contributed by atoms with Crippen molar-refractivity contribution >= 4 is 17.9 Å². The largest absolute Gasteiger partial charge is 0.480 e. The molecule has 1 aliphatic rings. The highest BCUT2D eigenvalue weighted by atomic mass is 16.4. The first-order valence-corrected chi connectivity index (χ1v) is 5.70. The Hall–Kier alpha value is -1.83. The maximum Gasteiger partial charge on any atom is 0.326 e. The molecule has 0 aromatic rings. The molecular formula is C10H17N3O5. The van der Waals surface area contributed by atoms with Crippen molar-refractivity contribution in [3.05, 3.63) is 0 Å². The van der Waals surface area contributed by atoms with E-state index < -0.39 is 18.0 Å². The molecule has 2 unspecified atom stereocenters. The third-order valence-corrected chi connectivity index (χ3v) is 2.62. The lowest BCUT2D eigenvalue weighted by atomic mass is 10.2. The summed E-state index contributed by atoms with van der Waals surface area (Å²) >= 11 is 0. The van der Waals surface area contributed by atoms with Crippen molar-refractivity contribution in [2.24, 2.45) is 0 Å². The molecular weight excluding hydrogens is 242 g/mol. The van der Waals surface area contributed by atoms with Gasteiger partial charge in [0.2, 0.25) is 5.91 Å². The summed E-state index contributed by atoms with van der Waals surface area (Å²) in [4.78, 5) is 33.0. The molecule has 0 saturated carbocycles. The van der Waals surface area contributed by atoms with E-state index in [1.807, 2.05) is 0 Å². The zero-order valence-electron chi connectivity index (χ0n) is 9.81. The minimum absolute atomic E-state index is 0.0501. The number of hydrogen-bond acceptors (Lipinski definition) is 4. The highest BCUT2D eigenvalue weighted by molar-refractivity contribution is 5.82. The predicted octanol–water partition coefficient (Wildman–Crippen LogP) is -1.60. The van der Waals surface area contributed by atoms with Gasteiger partial charge in [-0.05, 0) is 6.42 Å². The summed E-state index contributed by atoms with van der Waals surface area (Å²) in [5.41, 5.74) is 0. The van der Waals surface area contributed by atoms with E-state index in [2.05, 4.69) is 16.0 Å². The summed E-state index contributed by atoms with van der Waals surface area (Å²) in [5.74, 6) is -1.25. The van der Waals surface area contributed by atoms with Crippen molar-refractivity contribution < 1.29 is 24.6 Å². The number of carbonyl (C=O) groups is 3. The quantitative estimate of drug-likeness (QED) is 0.392. The van der Waals surface area contributed by atoms with Gasteiger partial charge in [-0.1, -0.05) is 0 Å². The Labute approximate surface area is 104 Å². The Balaban J connectivity index is 2.27. The van der Waals surface area contributed by atoms with Crippen LogP contribution in [0.25, 0.3) is 0 Å². The summed E-state index contributed by atoms with van der Waals surface area (Å²) < 4.78 is 0. The molecule has 1 aliphatic heterocycles. The first-order valence-electron chi connectivity index (χ1n) is 5.70. The first kappa shape index (κ1) is 14.2. The molecule has 0 bridgehead atoms. The van der Waals surface area contributed by atoms with Crippen molar-refractivity contribution in [2.45, 2.75) is 31.3 Å². The molecule has 0 aromatic carbocycles. The Morgan fingerprint density at radius 3 is 2.72 bits per heavy atom. The SMILES string of the molecule is O=C1CCC(CNC(=O)NC(CCO)C(=O)O)N1. The van der Waals surface area contributed by atoms with E-state index >= 15 is 0 Å². The number of amides is 3. The molecule has 0 aromatic heterocycles. The molecule has 1 fully saturated rings. The van der Waals surface area contributed by atoms with Gasteiger partial charge in [0, 0.05) is 32.0 Å². The molecule has 0 aliphatic carbocycles. The Kier molecular flexibility index (Phi) is 5.37. The van der Waals surface area contributed by atoms with Crippen LogP contribution in [0.3, 0.4) is 0 Å². The van der Waals surface area contributed by atoms with E-state index in [0.717, 1.165) is 0 Å². The van der Waals surface area contributed by atoms with Crippen LogP contribution in [0.4, 0.5) is 4.79 Å². The number of urea groups is 1. The minimum Gasteiger partial charge on any atom is -0.480 e. The molecule has 1 saturated heterocycles. The van der Waals surface area contributed by atoms with E-state index in [-0.39, 0.29) is 31.5 Å². The van der Waals surface area contributed by atoms with E-state index in [4.69, 9.17) is 10.2 Å².